The fourth-order valence-electron chi connectivity index (χ4n) is 2.34. The van der Waals surface area contributed by atoms with Gasteiger partial charge in [0.15, 0.2) is 0 Å². The van der Waals surface area contributed by atoms with Gasteiger partial charge in [-0.1, -0.05) is 0 Å². The average molecular weight is 280 g/mol. The van der Waals surface area contributed by atoms with Crippen molar-refractivity contribution in [1.29, 1.82) is 0 Å². The number of hydrogen-bond donors (Lipinski definition) is 8. The van der Waals surface area contributed by atoms with Crippen LogP contribution in [0.2, 0.25) is 0 Å². The van der Waals surface area contributed by atoms with Gasteiger partial charge in [-0.3, -0.25) is 0 Å². The van der Waals surface area contributed by atoms with E-state index in [0.29, 0.717) is 0 Å². The smallest absolute Gasteiger partial charge is 0.138 e. The maximum absolute atomic E-state index is 10.3. The van der Waals surface area contributed by atoms with E-state index in [2.05, 4.69) is 5.32 Å². The molecule has 11 N–H and O–H groups in total. The molecule has 0 aliphatic heterocycles. The Bertz CT molecular complexity index is 272. The van der Waals surface area contributed by atoms with E-state index in [1.807, 2.05) is 0 Å². The first-order valence-electron chi connectivity index (χ1n) is 6.25. The quantitative estimate of drug-likeness (QED) is 0.211. The molecule has 0 saturated heterocycles. The molecule has 0 heterocycles. The molecule has 0 saturated carbocycles. The van der Waals surface area contributed by atoms with Crippen molar-refractivity contribution in [1.82, 2.24) is 5.32 Å². The van der Waals surface area contributed by atoms with Crippen molar-refractivity contribution < 1.29 is 20.4 Å². The van der Waals surface area contributed by atoms with Crippen LogP contribution in [0.25, 0.3) is 0 Å². The minimum atomic E-state index is -2.01. The summed E-state index contributed by atoms with van der Waals surface area (Å²) < 4.78 is 0. The monoisotopic (exact) mass is 280 g/mol. The zero-order valence-electron chi connectivity index (χ0n) is 11.7. The summed E-state index contributed by atoms with van der Waals surface area (Å²) >= 11 is 0. The molecule has 6 unspecified atom stereocenters. The average Bonchev–Trinajstić information content (AvgIpc) is 2.29. The molecule has 8 heteroatoms. The summed E-state index contributed by atoms with van der Waals surface area (Å²) in [5, 5.41) is 42.7. The van der Waals surface area contributed by atoms with Crippen LogP contribution >= 0.6 is 0 Å². The maximum Gasteiger partial charge on any atom is 0.138 e. The van der Waals surface area contributed by atoms with E-state index in [0.717, 1.165) is 0 Å². The lowest BCUT2D eigenvalue weighted by Crippen LogP contribution is -2.78. The van der Waals surface area contributed by atoms with Crippen LogP contribution in [-0.2, 0) is 0 Å². The summed E-state index contributed by atoms with van der Waals surface area (Å²) in [4.78, 5) is 0. The van der Waals surface area contributed by atoms with Gasteiger partial charge in [0.1, 0.15) is 11.8 Å². The van der Waals surface area contributed by atoms with E-state index < -0.39 is 35.6 Å². The third-order valence-electron chi connectivity index (χ3n) is 3.50. The van der Waals surface area contributed by atoms with E-state index in [9.17, 15) is 20.4 Å². The van der Waals surface area contributed by atoms with E-state index in [1.165, 1.54) is 20.9 Å². The molecule has 0 aliphatic rings. The fourth-order valence-corrected chi connectivity index (χ4v) is 2.34. The van der Waals surface area contributed by atoms with Crippen LogP contribution in [-0.4, -0.2) is 69.6 Å². The predicted octanol–water partition coefficient (Wildman–Crippen LogP) is -3.61. The van der Waals surface area contributed by atoms with Crippen molar-refractivity contribution in [2.24, 2.45) is 17.2 Å². The lowest BCUT2D eigenvalue weighted by molar-refractivity contribution is -0.147. The number of nitrogens with one attached hydrogen (secondary N) is 1. The molecule has 0 radical (unpaired) electrons. The van der Waals surface area contributed by atoms with Crippen LogP contribution in [0.5, 0.6) is 0 Å². The Kier molecular flexibility index (Phi) is 6.79. The number of hydrogen-bond acceptors (Lipinski definition) is 8. The number of rotatable bonds is 8. The largest absolute Gasteiger partial charge is 0.392 e. The van der Waals surface area contributed by atoms with Crippen molar-refractivity contribution in [3.05, 3.63) is 0 Å². The summed E-state index contributed by atoms with van der Waals surface area (Å²) in [6.45, 7) is 2.76. The second-order valence-corrected chi connectivity index (χ2v) is 5.17. The van der Waals surface area contributed by atoms with E-state index in [4.69, 9.17) is 17.2 Å². The molecule has 8 nitrogen and oxygen atoms in total. The number of likely N-dealkylation sites (N-methyl/N-ethyl adjacent to an activating group) is 1. The Morgan fingerprint density at radius 3 is 2.00 bits per heavy atom. The Balaban J connectivity index is 5.66. The molecule has 0 aromatic carbocycles. The second kappa shape index (κ2) is 6.91. The van der Waals surface area contributed by atoms with Crippen molar-refractivity contribution >= 4 is 0 Å². The third-order valence-corrected chi connectivity index (χ3v) is 3.50. The van der Waals surface area contributed by atoms with E-state index >= 15 is 0 Å². The lowest BCUT2D eigenvalue weighted by Gasteiger charge is -2.49. The first-order chi connectivity index (χ1) is 8.55. The molecule has 0 rings (SSSR count). The van der Waals surface area contributed by atoms with Crippen LogP contribution in [0.3, 0.4) is 0 Å². The molecule has 0 fully saturated rings. The fraction of sp³-hybridized carbons (Fsp3) is 1.00. The molecule has 0 bridgehead atoms. The summed E-state index contributed by atoms with van der Waals surface area (Å²) in [5.41, 5.74) is 13.2. The first-order valence-corrected chi connectivity index (χ1v) is 6.25. The Morgan fingerprint density at radius 2 is 1.74 bits per heavy atom. The SMILES string of the molecule is CNC(C(O)CCN)(C(N)C(C)O)C(O)C(C)(N)O. The molecule has 116 valence electrons. The molecule has 0 aliphatic carbocycles. The van der Waals surface area contributed by atoms with E-state index in [-0.39, 0.29) is 13.0 Å². The third kappa shape index (κ3) is 3.83. The summed E-state index contributed by atoms with van der Waals surface area (Å²) in [5.74, 6) is 0. The van der Waals surface area contributed by atoms with E-state index in [1.54, 1.807) is 0 Å². The van der Waals surface area contributed by atoms with Gasteiger partial charge in [0.05, 0.1) is 23.8 Å². The van der Waals surface area contributed by atoms with Crippen LogP contribution in [0.1, 0.15) is 20.3 Å². The highest BCUT2D eigenvalue weighted by molar-refractivity contribution is 5.12. The van der Waals surface area contributed by atoms with Crippen molar-refractivity contribution in [2.75, 3.05) is 13.6 Å². The van der Waals surface area contributed by atoms with Gasteiger partial charge in [0.25, 0.3) is 0 Å². The molecule has 19 heavy (non-hydrogen) atoms. The van der Waals surface area contributed by atoms with Crippen LogP contribution in [0, 0.1) is 0 Å². The van der Waals surface area contributed by atoms with Gasteiger partial charge >= 0.3 is 0 Å². The van der Waals surface area contributed by atoms with Crippen molar-refractivity contribution in [2.45, 2.75) is 55.9 Å². The standard InChI is InChI=1S/C11H28N4O4/c1-6(16)8(13)11(15-3,7(17)4-5-12)9(18)10(2,14)19/h6-9,15-19H,4-5,12-14H2,1-3H3. The van der Waals surface area contributed by atoms with Crippen LogP contribution < -0.4 is 22.5 Å². The Labute approximate surface area is 113 Å². The topological polar surface area (TPSA) is 171 Å². The summed E-state index contributed by atoms with van der Waals surface area (Å²) in [7, 11) is 1.46. The molecule has 0 aromatic rings. The minimum Gasteiger partial charge on any atom is -0.392 e. The molecule has 0 aromatic heterocycles. The lowest BCUT2D eigenvalue weighted by atomic mass is 9.73. The van der Waals surface area contributed by atoms with Crippen LogP contribution in [0.4, 0.5) is 0 Å². The van der Waals surface area contributed by atoms with Gasteiger partial charge in [0, 0.05) is 0 Å². The van der Waals surface area contributed by atoms with Gasteiger partial charge in [-0.15, -0.1) is 0 Å². The van der Waals surface area contributed by atoms with Gasteiger partial charge in [-0.05, 0) is 33.9 Å². The van der Waals surface area contributed by atoms with Crippen LogP contribution in [0.15, 0.2) is 0 Å². The zero-order valence-corrected chi connectivity index (χ0v) is 11.7. The maximum atomic E-state index is 10.3. The molecule has 6 atom stereocenters. The molecule has 0 spiro atoms. The van der Waals surface area contributed by atoms with Gasteiger partial charge in [-0.25, -0.2) is 0 Å². The molecule has 0 amide bonds. The van der Waals surface area contributed by atoms with Gasteiger partial charge in [0.2, 0.25) is 0 Å². The highest BCUT2D eigenvalue weighted by Gasteiger charge is 2.54. The number of aliphatic hydroxyl groups is 4. The molecular weight excluding hydrogens is 252 g/mol. The summed E-state index contributed by atoms with van der Waals surface area (Å²) in [6.07, 6.45) is -3.74. The second-order valence-electron chi connectivity index (χ2n) is 5.17. The zero-order chi connectivity index (χ0) is 15.4. The first kappa shape index (κ1) is 18.7. The minimum absolute atomic E-state index is 0.119. The normalized spacial score (nSPS) is 24.9. The Hall–Kier alpha value is -0.320. The van der Waals surface area contributed by atoms with Crippen molar-refractivity contribution in [3.8, 4) is 0 Å². The van der Waals surface area contributed by atoms with Gasteiger partial charge in [-0.2, -0.15) is 0 Å². The molecular formula is C11H28N4O4. The van der Waals surface area contributed by atoms with Crippen molar-refractivity contribution in [3.63, 3.8) is 0 Å². The predicted molar refractivity (Wildman–Crippen MR) is 71.9 cm³/mol. The Morgan fingerprint density at radius 1 is 1.26 bits per heavy atom. The number of aliphatic hydroxyl groups excluding tert-OH is 3. The van der Waals surface area contributed by atoms with Gasteiger partial charge < -0.3 is 42.9 Å². The summed E-state index contributed by atoms with van der Waals surface area (Å²) in [6, 6.07) is -1.07. The number of nitrogens with two attached hydrogens (primary N) is 3. The highest BCUT2D eigenvalue weighted by Crippen LogP contribution is 2.28. The highest BCUT2D eigenvalue weighted by atomic mass is 16.4.